The van der Waals surface area contributed by atoms with E-state index in [0.717, 1.165) is 24.1 Å². The normalized spacial score (nSPS) is 11.1. The number of nitrogen functional groups attached to an aromatic ring is 1. The minimum atomic E-state index is -0.388. The fraction of sp³-hybridized carbons (Fsp3) is 0.538. The molecule has 106 valence electrons. The summed E-state index contributed by atoms with van der Waals surface area (Å²) in [6.07, 6.45) is 2.10. The van der Waals surface area contributed by atoms with E-state index in [2.05, 4.69) is 24.2 Å². The van der Waals surface area contributed by atoms with Crippen molar-refractivity contribution >= 4 is 11.4 Å². The van der Waals surface area contributed by atoms with E-state index in [1.165, 1.54) is 6.07 Å². The second kappa shape index (κ2) is 7.06. The van der Waals surface area contributed by atoms with Crippen LogP contribution in [-0.4, -0.2) is 22.9 Å². The Hall–Kier alpha value is -1.66. The molecule has 1 aromatic rings. The van der Waals surface area contributed by atoms with Crippen LogP contribution in [0.2, 0.25) is 0 Å². The van der Waals surface area contributed by atoms with Gasteiger partial charge in [0.15, 0.2) is 0 Å². The van der Waals surface area contributed by atoms with Crippen molar-refractivity contribution < 1.29 is 4.92 Å². The molecule has 3 N–H and O–H groups in total. The highest BCUT2D eigenvalue weighted by Gasteiger charge is 2.15. The van der Waals surface area contributed by atoms with Gasteiger partial charge in [0.2, 0.25) is 0 Å². The summed E-state index contributed by atoms with van der Waals surface area (Å²) in [6, 6.07) is 5.14. The largest absolute Gasteiger partial charge is 0.324 e. The Morgan fingerprint density at radius 2 is 2.05 bits per heavy atom. The Balaban J connectivity index is 2.97. The lowest BCUT2D eigenvalue weighted by atomic mass is 10.1. The van der Waals surface area contributed by atoms with E-state index in [0.29, 0.717) is 12.6 Å². The van der Waals surface area contributed by atoms with Gasteiger partial charge >= 0.3 is 0 Å². The first-order valence-corrected chi connectivity index (χ1v) is 6.47. The second-order valence-corrected chi connectivity index (χ2v) is 4.63. The summed E-state index contributed by atoms with van der Waals surface area (Å²) in [4.78, 5) is 12.6. The molecule has 0 atom stereocenters. The summed E-state index contributed by atoms with van der Waals surface area (Å²) in [5.41, 5.74) is 4.25. The van der Waals surface area contributed by atoms with Crippen LogP contribution in [0.3, 0.4) is 0 Å². The molecule has 1 rings (SSSR count). The third-order valence-corrected chi connectivity index (χ3v) is 3.44. The van der Waals surface area contributed by atoms with E-state index in [9.17, 15) is 10.1 Å². The molecule has 1 aromatic carbocycles. The standard InChI is InChI=1S/C13H22N4O2/c1-4-11(5-2)16(3)9-10-8-12(17(18)19)6-7-13(10)15-14/h6-8,11,15H,4-5,9,14H2,1-3H3. The Morgan fingerprint density at radius 3 is 2.53 bits per heavy atom. The first kappa shape index (κ1) is 15.4. The van der Waals surface area contributed by atoms with Crippen molar-refractivity contribution in [3.8, 4) is 0 Å². The number of hydrazine groups is 1. The van der Waals surface area contributed by atoms with Crippen LogP contribution in [0.5, 0.6) is 0 Å². The highest BCUT2D eigenvalue weighted by atomic mass is 16.6. The molecule has 0 heterocycles. The van der Waals surface area contributed by atoms with E-state index in [4.69, 9.17) is 5.84 Å². The summed E-state index contributed by atoms with van der Waals surface area (Å²) in [7, 11) is 2.02. The van der Waals surface area contributed by atoms with Crippen LogP contribution < -0.4 is 11.3 Å². The van der Waals surface area contributed by atoms with Crippen LogP contribution in [-0.2, 0) is 6.54 Å². The molecule has 0 aliphatic heterocycles. The summed E-state index contributed by atoms with van der Waals surface area (Å²) in [5.74, 6) is 5.46. The van der Waals surface area contributed by atoms with Gasteiger partial charge in [-0.1, -0.05) is 13.8 Å². The fourth-order valence-electron chi connectivity index (χ4n) is 2.28. The van der Waals surface area contributed by atoms with Crippen molar-refractivity contribution in [3.05, 3.63) is 33.9 Å². The van der Waals surface area contributed by atoms with Gasteiger partial charge in [0.25, 0.3) is 5.69 Å². The third kappa shape index (κ3) is 3.90. The van der Waals surface area contributed by atoms with Crippen molar-refractivity contribution in [2.75, 3.05) is 12.5 Å². The second-order valence-electron chi connectivity index (χ2n) is 4.63. The minimum absolute atomic E-state index is 0.0898. The van der Waals surface area contributed by atoms with Crippen molar-refractivity contribution in [2.24, 2.45) is 5.84 Å². The first-order chi connectivity index (χ1) is 9.03. The van der Waals surface area contributed by atoms with Gasteiger partial charge in [-0.25, -0.2) is 0 Å². The molecule has 0 spiro atoms. The van der Waals surface area contributed by atoms with Gasteiger partial charge in [-0.05, 0) is 31.5 Å². The zero-order chi connectivity index (χ0) is 14.4. The molecule has 19 heavy (non-hydrogen) atoms. The summed E-state index contributed by atoms with van der Waals surface area (Å²) < 4.78 is 0. The van der Waals surface area contributed by atoms with E-state index in [1.807, 2.05) is 7.05 Å². The predicted octanol–water partition coefficient (Wildman–Crippen LogP) is 2.50. The lowest BCUT2D eigenvalue weighted by molar-refractivity contribution is -0.384. The summed E-state index contributed by atoms with van der Waals surface area (Å²) >= 11 is 0. The zero-order valence-corrected chi connectivity index (χ0v) is 11.7. The van der Waals surface area contributed by atoms with E-state index in [-0.39, 0.29) is 10.6 Å². The van der Waals surface area contributed by atoms with Crippen LogP contribution in [0.25, 0.3) is 0 Å². The maximum absolute atomic E-state index is 10.8. The Bertz CT molecular complexity index is 433. The van der Waals surface area contributed by atoms with Gasteiger partial charge in [-0.2, -0.15) is 0 Å². The molecule has 6 heteroatoms. The number of rotatable bonds is 7. The number of anilines is 1. The maximum atomic E-state index is 10.8. The molecular formula is C13H22N4O2. The highest BCUT2D eigenvalue weighted by molar-refractivity contribution is 5.55. The van der Waals surface area contributed by atoms with E-state index < -0.39 is 0 Å². The number of hydrogen-bond donors (Lipinski definition) is 2. The fourth-order valence-corrected chi connectivity index (χ4v) is 2.28. The van der Waals surface area contributed by atoms with Crippen LogP contribution >= 0.6 is 0 Å². The third-order valence-electron chi connectivity index (χ3n) is 3.44. The number of hydrogen-bond acceptors (Lipinski definition) is 5. The number of nitro groups is 1. The molecule has 0 bridgehead atoms. The average Bonchev–Trinajstić information content (AvgIpc) is 2.39. The molecule has 0 unspecified atom stereocenters. The number of nitrogens with two attached hydrogens (primary N) is 1. The van der Waals surface area contributed by atoms with Crippen LogP contribution in [0.15, 0.2) is 18.2 Å². The molecule has 0 radical (unpaired) electrons. The van der Waals surface area contributed by atoms with Crippen molar-refractivity contribution in [2.45, 2.75) is 39.3 Å². The molecule has 6 nitrogen and oxygen atoms in total. The van der Waals surface area contributed by atoms with E-state index in [1.54, 1.807) is 12.1 Å². The molecule has 0 aliphatic rings. The molecule has 0 amide bonds. The number of benzene rings is 1. The number of nitrogens with zero attached hydrogens (tertiary/aromatic N) is 2. The lowest BCUT2D eigenvalue weighted by Gasteiger charge is -2.26. The number of nitrogens with one attached hydrogen (secondary N) is 1. The van der Waals surface area contributed by atoms with Gasteiger partial charge in [-0.15, -0.1) is 0 Å². The highest BCUT2D eigenvalue weighted by Crippen LogP contribution is 2.23. The molecule has 0 fully saturated rings. The number of nitro benzene ring substituents is 1. The molecular weight excluding hydrogens is 244 g/mol. The average molecular weight is 266 g/mol. The van der Waals surface area contributed by atoms with Crippen LogP contribution in [0.4, 0.5) is 11.4 Å². The Morgan fingerprint density at radius 1 is 1.42 bits per heavy atom. The Labute approximate surface area is 113 Å². The predicted molar refractivity (Wildman–Crippen MR) is 76.7 cm³/mol. The quantitative estimate of drug-likeness (QED) is 0.450. The summed E-state index contributed by atoms with van der Waals surface area (Å²) in [6.45, 7) is 4.91. The first-order valence-electron chi connectivity index (χ1n) is 6.47. The monoisotopic (exact) mass is 266 g/mol. The van der Waals surface area contributed by atoms with Gasteiger partial charge < -0.3 is 5.43 Å². The summed E-state index contributed by atoms with van der Waals surface area (Å²) in [5, 5.41) is 10.8. The van der Waals surface area contributed by atoms with Crippen LogP contribution in [0, 0.1) is 10.1 Å². The van der Waals surface area contributed by atoms with Gasteiger partial charge in [0.05, 0.1) is 10.6 Å². The topological polar surface area (TPSA) is 84.4 Å². The van der Waals surface area contributed by atoms with Crippen molar-refractivity contribution in [3.63, 3.8) is 0 Å². The minimum Gasteiger partial charge on any atom is -0.324 e. The number of non-ortho nitro benzene ring substituents is 1. The van der Waals surface area contributed by atoms with Gasteiger partial charge in [-0.3, -0.25) is 20.9 Å². The molecule has 0 saturated carbocycles. The maximum Gasteiger partial charge on any atom is 0.269 e. The van der Waals surface area contributed by atoms with Crippen molar-refractivity contribution in [1.82, 2.24) is 4.90 Å². The molecule has 0 saturated heterocycles. The van der Waals surface area contributed by atoms with Gasteiger partial charge in [0, 0.05) is 24.7 Å². The molecule has 0 aromatic heterocycles. The van der Waals surface area contributed by atoms with Crippen LogP contribution in [0.1, 0.15) is 32.3 Å². The lowest BCUT2D eigenvalue weighted by Crippen LogP contribution is -2.30. The SMILES string of the molecule is CCC(CC)N(C)Cc1cc([N+](=O)[O-])ccc1NN. The van der Waals surface area contributed by atoms with Gasteiger partial charge in [0.1, 0.15) is 0 Å². The van der Waals surface area contributed by atoms with E-state index >= 15 is 0 Å². The molecule has 0 aliphatic carbocycles. The van der Waals surface area contributed by atoms with Crippen molar-refractivity contribution in [1.29, 1.82) is 0 Å². The smallest absolute Gasteiger partial charge is 0.269 e. The zero-order valence-electron chi connectivity index (χ0n) is 11.7. The Kier molecular flexibility index (Phi) is 5.72.